The predicted octanol–water partition coefficient (Wildman–Crippen LogP) is 1.47. The molecule has 0 saturated heterocycles. The molecule has 0 aromatic heterocycles. The first-order valence-corrected chi connectivity index (χ1v) is 5.86. The molecule has 4 nitrogen and oxygen atoms in total. The van der Waals surface area contributed by atoms with Gasteiger partial charge in [0.15, 0.2) is 5.41 Å². The fraction of sp³-hybridized carbons (Fsp3) is 0.833. The predicted molar refractivity (Wildman–Crippen MR) is 75.6 cm³/mol. The Kier molecular flexibility index (Phi) is 14.9. The Morgan fingerprint density at radius 3 is 1.78 bits per heavy atom. The summed E-state index contributed by atoms with van der Waals surface area (Å²) in [6.45, 7) is 5.37. The van der Waals surface area contributed by atoms with E-state index in [9.17, 15) is 9.59 Å². The minimum atomic E-state index is -1.62. The first-order valence-electron chi connectivity index (χ1n) is 5.86. The van der Waals surface area contributed by atoms with E-state index in [1.165, 1.54) is 0 Å². The van der Waals surface area contributed by atoms with Crippen LogP contribution in [0.2, 0.25) is 0 Å². The van der Waals surface area contributed by atoms with Crippen molar-refractivity contribution < 1.29 is 19.8 Å². The molecule has 6 heteroatoms. The van der Waals surface area contributed by atoms with E-state index in [1.54, 1.807) is 13.8 Å². The van der Waals surface area contributed by atoms with Crippen LogP contribution in [0.4, 0.5) is 0 Å². The molecule has 0 spiro atoms. The molecule has 0 rings (SSSR count). The van der Waals surface area contributed by atoms with Crippen molar-refractivity contribution in [2.45, 2.75) is 52.9 Å². The van der Waals surface area contributed by atoms with E-state index in [4.69, 9.17) is 10.2 Å². The Morgan fingerprint density at radius 1 is 1.06 bits per heavy atom. The number of rotatable bonds is 8. The number of hydrogen-bond donors (Lipinski definition) is 2. The molecule has 0 saturated carbocycles. The van der Waals surface area contributed by atoms with E-state index in [-0.39, 0.29) is 54.8 Å². The van der Waals surface area contributed by atoms with Gasteiger partial charge >= 0.3 is 60.4 Å². The van der Waals surface area contributed by atoms with Crippen molar-refractivity contribution in [3.8, 4) is 0 Å². The molecule has 0 unspecified atom stereocenters. The molecule has 0 aromatic carbocycles. The molecule has 0 aliphatic rings. The van der Waals surface area contributed by atoms with E-state index in [2.05, 4.69) is 6.92 Å². The molecule has 0 aromatic rings. The summed E-state index contributed by atoms with van der Waals surface area (Å²) in [5.41, 5.74) is -1.62. The quantitative estimate of drug-likeness (QED) is 0.394. The van der Waals surface area contributed by atoms with Gasteiger partial charge in [-0.25, -0.2) is 0 Å². The van der Waals surface area contributed by atoms with Crippen LogP contribution < -0.4 is 0 Å². The third-order valence-electron chi connectivity index (χ3n) is 3.17. The van der Waals surface area contributed by atoms with Gasteiger partial charge in [0.2, 0.25) is 0 Å². The molecule has 98 valence electrons. The molecule has 0 aliphatic carbocycles. The summed E-state index contributed by atoms with van der Waals surface area (Å²) in [6.07, 6.45) is 3.84. The first-order chi connectivity index (χ1) is 7.39. The summed E-state index contributed by atoms with van der Waals surface area (Å²) >= 11 is 0. The number of carboxylic acid groups (broad SMARTS) is 2. The molecule has 0 aliphatic heterocycles. The number of hydrogen-bond acceptors (Lipinski definition) is 2. The van der Waals surface area contributed by atoms with Gasteiger partial charge in [0, 0.05) is 0 Å². The zero-order valence-electron chi connectivity index (χ0n) is 10.3. The third-order valence-corrected chi connectivity index (χ3v) is 3.17. The molecule has 0 atom stereocenters. The second-order valence-electron chi connectivity index (χ2n) is 4.55. The van der Waals surface area contributed by atoms with Crippen molar-refractivity contribution in [1.82, 2.24) is 0 Å². The topological polar surface area (TPSA) is 74.6 Å². The van der Waals surface area contributed by atoms with Crippen LogP contribution in [0.5, 0.6) is 0 Å². The molecule has 2 N–H and O–H groups in total. The monoisotopic (exact) mass is 262 g/mol. The van der Waals surface area contributed by atoms with Gasteiger partial charge in [-0.2, -0.15) is 0 Å². The summed E-state index contributed by atoms with van der Waals surface area (Å²) in [7, 11) is 0. The Morgan fingerprint density at radius 2 is 1.50 bits per heavy atom. The van der Waals surface area contributed by atoms with Gasteiger partial charge in [-0.15, -0.1) is 0 Å². The van der Waals surface area contributed by atoms with E-state index in [0.717, 1.165) is 19.3 Å². The van der Waals surface area contributed by atoms with Crippen LogP contribution in [-0.2, 0) is 9.59 Å². The summed E-state index contributed by atoms with van der Waals surface area (Å²) in [5, 5.41) is 18.3. The molecular weight excluding hydrogens is 238 g/mol. The van der Waals surface area contributed by atoms with E-state index >= 15 is 0 Å². The van der Waals surface area contributed by atoms with Crippen LogP contribution in [0.25, 0.3) is 0 Å². The van der Waals surface area contributed by atoms with Crippen molar-refractivity contribution in [2.75, 3.05) is 0 Å². The first kappa shape index (κ1) is 23.6. The maximum atomic E-state index is 11.2. The number of carbonyl (C=O) groups is 2. The van der Waals surface area contributed by atoms with Gasteiger partial charge in [0.1, 0.15) is 0 Å². The fourth-order valence-corrected chi connectivity index (χ4v) is 1.92. The van der Waals surface area contributed by atoms with E-state index in [0.29, 0.717) is 6.42 Å². The number of carboxylic acids is 2. The van der Waals surface area contributed by atoms with Crippen LogP contribution >= 0.6 is 0 Å². The van der Waals surface area contributed by atoms with Gasteiger partial charge in [-0.1, -0.05) is 46.5 Å². The maximum absolute atomic E-state index is 11.2. The van der Waals surface area contributed by atoms with Crippen molar-refractivity contribution in [3.63, 3.8) is 0 Å². The van der Waals surface area contributed by atoms with Gasteiger partial charge in [-0.3, -0.25) is 9.59 Å². The summed E-state index contributed by atoms with van der Waals surface area (Å²) < 4.78 is 0. The molecule has 0 amide bonds. The Balaban J connectivity index is -0.00000112. The standard InChI is InChI=1S/C12H22O4.Li.Na.2H/c1-4-5-6-7-8-12(9(2)3,10(13)14)11(15)16;;;;/h9H,4-8H2,1-3H3,(H,13,14)(H,15,16);;;;. The van der Waals surface area contributed by atoms with Crippen LogP contribution in [0, 0.1) is 11.3 Å². The summed E-state index contributed by atoms with van der Waals surface area (Å²) in [4.78, 5) is 22.4. The van der Waals surface area contributed by atoms with Crippen molar-refractivity contribution in [1.29, 1.82) is 0 Å². The summed E-state index contributed by atoms with van der Waals surface area (Å²) in [5.74, 6) is -2.83. The van der Waals surface area contributed by atoms with Gasteiger partial charge < -0.3 is 10.2 Å². The average molecular weight is 262 g/mol. The minimum absolute atomic E-state index is 0. The van der Waals surface area contributed by atoms with Crippen molar-refractivity contribution >= 4 is 60.4 Å². The van der Waals surface area contributed by atoms with Crippen molar-refractivity contribution in [2.24, 2.45) is 11.3 Å². The molecule has 0 heterocycles. The van der Waals surface area contributed by atoms with Crippen LogP contribution in [-0.4, -0.2) is 70.6 Å². The summed E-state index contributed by atoms with van der Waals surface area (Å²) in [6, 6.07) is 0. The molecule has 0 fully saturated rings. The third kappa shape index (κ3) is 6.12. The number of aliphatic carboxylic acids is 2. The van der Waals surface area contributed by atoms with Gasteiger partial charge in [0.05, 0.1) is 0 Å². The van der Waals surface area contributed by atoms with Crippen LogP contribution in [0.3, 0.4) is 0 Å². The molecular formula is C12H24LiNaO4. The average Bonchev–Trinajstić information content (AvgIpc) is 2.16. The normalized spacial score (nSPS) is 10.4. The van der Waals surface area contributed by atoms with Crippen molar-refractivity contribution in [3.05, 3.63) is 0 Å². The Labute approximate surface area is 143 Å². The molecule has 18 heavy (non-hydrogen) atoms. The van der Waals surface area contributed by atoms with Gasteiger partial charge in [0.25, 0.3) is 0 Å². The molecule has 0 radical (unpaired) electrons. The zero-order valence-corrected chi connectivity index (χ0v) is 10.3. The second kappa shape index (κ2) is 11.4. The molecule has 0 bridgehead atoms. The van der Waals surface area contributed by atoms with Gasteiger partial charge in [-0.05, 0) is 12.3 Å². The second-order valence-corrected chi connectivity index (χ2v) is 4.55. The zero-order chi connectivity index (χ0) is 12.8. The number of unbranched alkanes of at least 4 members (excludes halogenated alkanes) is 3. The van der Waals surface area contributed by atoms with Crippen LogP contribution in [0.1, 0.15) is 52.9 Å². The van der Waals surface area contributed by atoms with E-state index < -0.39 is 23.3 Å². The Bertz CT molecular complexity index is 242. The Hall–Kier alpha value is 0.537. The van der Waals surface area contributed by atoms with Crippen LogP contribution in [0.15, 0.2) is 0 Å². The SMILES string of the molecule is CCCCCCC(C(=O)O)(C(=O)O)C(C)C.[LiH].[NaH]. The fourth-order valence-electron chi connectivity index (χ4n) is 1.92. The van der Waals surface area contributed by atoms with E-state index in [1.807, 2.05) is 0 Å².